The first-order chi connectivity index (χ1) is 11.8. The normalized spacial score (nSPS) is 15.6. The second-order valence-electron chi connectivity index (χ2n) is 5.98. The van der Waals surface area contributed by atoms with Crippen molar-refractivity contribution >= 4 is 44.2 Å². The van der Waals surface area contributed by atoms with Gasteiger partial charge in [-0.05, 0) is 30.3 Å². The lowest BCUT2D eigenvalue weighted by Crippen LogP contribution is -2.12. The minimum atomic E-state index is -3.84. The molecule has 2 heterocycles. The number of rotatable bonds is 2. The molecule has 0 radical (unpaired) electrons. The third kappa shape index (κ3) is 2.54. The van der Waals surface area contributed by atoms with Crippen molar-refractivity contribution < 1.29 is 13.2 Å². The van der Waals surface area contributed by atoms with Crippen LogP contribution >= 0.6 is 0 Å². The number of anilines is 1. The summed E-state index contributed by atoms with van der Waals surface area (Å²) in [6, 6.07) is 12.2. The van der Waals surface area contributed by atoms with E-state index in [1.54, 1.807) is 12.1 Å². The molecule has 0 bridgehead atoms. The summed E-state index contributed by atoms with van der Waals surface area (Å²) in [7, 11) is -1.90. The molecule has 2 aromatic carbocycles. The van der Waals surface area contributed by atoms with Gasteiger partial charge in [-0.15, -0.1) is 0 Å². The molecule has 0 aliphatic carbocycles. The average Bonchev–Trinajstić information content (AvgIpc) is 3.05. The number of nitrogens with one attached hydrogen (secondary N) is 1. The van der Waals surface area contributed by atoms with E-state index in [1.165, 1.54) is 12.1 Å². The van der Waals surface area contributed by atoms with E-state index in [0.717, 1.165) is 16.5 Å². The summed E-state index contributed by atoms with van der Waals surface area (Å²) in [5.41, 5.74) is 3.45. The van der Waals surface area contributed by atoms with Gasteiger partial charge in [0.25, 0.3) is 5.91 Å². The van der Waals surface area contributed by atoms with Crippen molar-refractivity contribution in [3.05, 3.63) is 59.8 Å². The predicted octanol–water partition coefficient (Wildman–Crippen LogP) is 2.32. The topological polar surface area (TPSA) is 94.2 Å². The average molecular weight is 353 g/mol. The smallest absolute Gasteiger partial charge is 0.256 e. The van der Waals surface area contributed by atoms with Crippen LogP contribution in [0.3, 0.4) is 0 Å². The maximum atomic E-state index is 12.4. The first kappa shape index (κ1) is 15.6. The van der Waals surface area contributed by atoms with Gasteiger partial charge in [0.05, 0.1) is 4.90 Å². The SMILES string of the molecule is Cn1cc(C=C2C(=O)Nc3ccc(S(N)(=O)=O)cc32)c2ccccc21. The number of carbonyl (C=O) groups excluding carboxylic acids is 1. The van der Waals surface area contributed by atoms with Crippen LogP contribution in [0.2, 0.25) is 0 Å². The Hall–Kier alpha value is -2.90. The van der Waals surface area contributed by atoms with Gasteiger partial charge in [-0.2, -0.15) is 0 Å². The minimum absolute atomic E-state index is 0.0217. The number of aryl methyl sites for hydroxylation is 1. The molecule has 0 fully saturated rings. The zero-order chi connectivity index (χ0) is 17.8. The number of benzene rings is 2. The van der Waals surface area contributed by atoms with Crippen LogP contribution in [0, 0.1) is 0 Å². The number of hydrogen-bond acceptors (Lipinski definition) is 3. The van der Waals surface area contributed by atoms with Crippen molar-refractivity contribution in [2.24, 2.45) is 12.2 Å². The van der Waals surface area contributed by atoms with Gasteiger partial charge in [-0.25, -0.2) is 13.6 Å². The van der Waals surface area contributed by atoms with Crippen LogP contribution in [0.5, 0.6) is 0 Å². The summed E-state index contributed by atoms with van der Waals surface area (Å²) in [5, 5.41) is 8.97. The highest BCUT2D eigenvalue weighted by Gasteiger charge is 2.26. The number of fused-ring (bicyclic) bond motifs is 2. The maximum absolute atomic E-state index is 12.4. The fourth-order valence-corrected chi connectivity index (χ4v) is 3.67. The first-order valence-corrected chi connectivity index (χ1v) is 9.13. The zero-order valence-corrected chi connectivity index (χ0v) is 14.2. The molecule has 0 atom stereocenters. The van der Waals surface area contributed by atoms with E-state index in [1.807, 2.05) is 42.1 Å². The molecule has 1 amide bonds. The second kappa shape index (κ2) is 5.30. The van der Waals surface area contributed by atoms with Crippen LogP contribution < -0.4 is 10.5 Å². The van der Waals surface area contributed by atoms with Crippen LogP contribution in [0.4, 0.5) is 5.69 Å². The van der Waals surface area contributed by atoms with E-state index in [4.69, 9.17) is 5.14 Å². The molecular weight excluding hydrogens is 338 g/mol. The maximum Gasteiger partial charge on any atom is 0.256 e. The fourth-order valence-electron chi connectivity index (χ4n) is 3.13. The van der Waals surface area contributed by atoms with Crippen molar-refractivity contribution in [2.45, 2.75) is 4.90 Å². The molecule has 25 heavy (non-hydrogen) atoms. The fraction of sp³-hybridized carbons (Fsp3) is 0.0556. The molecule has 3 aromatic rings. The Morgan fingerprint density at radius 2 is 1.92 bits per heavy atom. The van der Waals surface area contributed by atoms with Crippen LogP contribution in [0.1, 0.15) is 11.1 Å². The molecular formula is C18H15N3O3S. The lowest BCUT2D eigenvalue weighted by atomic mass is 10.0. The number of carbonyl (C=O) groups is 1. The highest BCUT2D eigenvalue weighted by Crippen LogP contribution is 2.35. The summed E-state index contributed by atoms with van der Waals surface area (Å²) >= 11 is 0. The summed E-state index contributed by atoms with van der Waals surface area (Å²) in [4.78, 5) is 12.4. The van der Waals surface area contributed by atoms with Crippen molar-refractivity contribution in [3.8, 4) is 0 Å². The number of primary sulfonamides is 1. The van der Waals surface area contributed by atoms with E-state index in [2.05, 4.69) is 5.32 Å². The molecule has 4 rings (SSSR count). The summed E-state index contributed by atoms with van der Waals surface area (Å²) < 4.78 is 25.2. The highest BCUT2D eigenvalue weighted by atomic mass is 32.2. The third-order valence-corrected chi connectivity index (χ3v) is 5.24. The van der Waals surface area contributed by atoms with Gasteiger partial charge in [0.1, 0.15) is 0 Å². The van der Waals surface area contributed by atoms with Crippen LogP contribution in [-0.4, -0.2) is 18.9 Å². The largest absolute Gasteiger partial charge is 0.350 e. The standard InChI is InChI=1S/C18H15N3O3S/c1-21-10-11(13-4-2-3-5-17(13)21)8-15-14-9-12(25(19,23)24)6-7-16(14)20-18(15)22/h2-10H,1H3,(H,20,22)(H2,19,23,24). The Labute approximate surface area is 144 Å². The third-order valence-electron chi connectivity index (χ3n) is 4.33. The van der Waals surface area contributed by atoms with Crippen molar-refractivity contribution in [1.29, 1.82) is 0 Å². The zero-order valence-electron chi connectivity index (χ0n) is 13.4. The Balaban J connectivity index is 1.92. The van der Waals surface area contributed by atoms with Gasteiger partial charge in [-0.3, -0.25) is 4.79 Å². The van der Waals surface area contributed by atoms with Gasteiger partial charge in [0.2, 0.25) is 10.0 Å². The number of hydrogen-bond donors (Lipinski definition) is 2. The second-order valence-corrected chi connectivity index (χ2v) is 7.54. The van der Waals surface area contributed by atoms with Gasteiger partial charge in [0.15, 0.2) is 0 Å². The van der Waals surface area contributed by atoms with Crippen LogP contribution in [-0.2, 0) is 21.9 Å². The van der Waals surface area contributed by atoms with E-state index < -0.39 is 10.0 Å². The van der Waals surface area contributed by atoms with E-state index in [0.29, 0.717) is 16.8 Å². The molecule has 6 nitrogen and oxygen atoms in total. The Morgan fingerprint density at radius 1 is 1.16 bits per heavy atom. The summed E-state index contributed by atoms with van der Waals surface area (Å²) in [6.45, 7) is 0. The molecule has 1 aliphatic heterocycles. The molecule has 0 spiro atoms. The van der Waals surface area contributed by atoms with Crippen molar-refractivity contribution in [1.82, 2.24) is 4.57 Å². The molecule has 1 aromatic heterocycles. The number of nitrogens with two attached hydrogens (primary N) is 1. The number of sulfonamides is 1. The van der Waals surface area contributed by atoms with Gasteiger partial charge >= 0.3 is 0 Å². The number of aromatic nitrogens is 1. The first-order valence-electron chi connectivity index (χ1n) is 7.59. The summed E-state index contributed by atoms with van der Waals surface area (Å²) in [5.74, 6) is -0.269. The predicted molar refractivity (Wildman–Crippen MR) is 97.2 cm³/mol. The molecule has 3 N–H and O–H groups in total. The van der Waals surface area contributed by atoms with Gasteiger partial charge in [0, 0.05) is 46.5 Å². The Morgan fingerprint density at radius 3 is 2.68 bits per heavy atom. The molecule has 0 unspecified atom stereocenters. The molecule has 0 saturated carbocycles. The lowest BCUT2D eigenvalue weighted by molar-refractivity contribution is -0.110. The molecule has 126 valence electrons. The van der Waals surface area contributed by atoms with Crippen molar-refractivity contribution in [2.75, 3.05) is 5.32 Å². The monoisotopic (exact) mass is 353 g/mol. The van der Waals surface area contributed by atoms with Crippen LogP contribution in [0.25, 0.3) is 22.6 Å². The number of amides is 1. The Kier molecular flexibility index (Phi) is 3.31. The van der Waals surface area contributed by atoms with Crippen LogP contribution in [0.15, 0.2) is 53.6 Å². The van der Waals surface area contributed by atoms with Gasteiger partial charge in [-0.1, -0.05) is 18.2 Å². The molecule has 7 heteroatoms. The summed E-state index contributed by atoms with van der Waals surface area (Å²) in [6.07, 6.45) is 3.71. The number of para-hydroxylation sites is 1. The lowest BCUT2D eigenvalue weighted by Gasteiger charge is -2.02. The van der Waals surface area contributed by atoms with E-state index in [9.17, 15) is 13.2 Å². The number of nitrogens with zero attached hydrogens (tertiary/aromatic N) is 1. The Bertz CT molecular complexity index is 1170. The van der Waals surface area contributed by atoms with E-state index in [-0.39, 0.29) is 10.8 Å². The minimum Gasteiger partial charge on any atom is -0.350 e. The molecule has 0 saturated heterocycles. The quantitative estimate of drug-likeness (QED) is 0.692. The highest BCUT2D eigenvalue weighted by molar-refractivity contribution is 7.89. The molecule has 1 aliphatic rings. The van der Waals surface area contributed by atoms with Gasteiger partial charge < -0.3 is 9.88 Å². The van der Waals surface area contributed by atoms with E-state index >= 15 is 0 Å². The van der Waals surface area contributed by atoms with Crippen molar-refractivity contribution in [3.63, 3.8) is 0 Å².